The van der Waals surface area contributed by atoms with Crippen molar-refractivity contribution < 1.29 is 14.3 Å². The fourth-order valence-electron chi connectivity index (χ4n) is 3.68. The fourth-order valence-corrected chi connectivity index (χ4v) is 3.68. The van der Waals surface area contributed by atoms with Gasteiger partial charge in [0.25, 0.3) is 0 Å². The lowest BCUT2D eigenvalue weighted by atomic mass is 9.96. The van der Waals surface area contributed by atoms with Crippen LogP contribution in [0.4, 0.5) is 5.95 Å². The summed E-state index contributed by atoms with van der Waals surface area (Å²) < 4.78 is 12.3. The van der Waals surface area contributed by atoms with E-state index >= 15 is 0 Å². The van der Waals surface area contributed by atoms with Crippen LogP contribution in [0.15, 0.2) is 60.2 Å². The number of para-hydroxylation sites is 1. The van der Waals surface area contributed by atoms with Crippen LogP contribution in [0.3, 0.4) is 0 Å². The molecule has 3 aromatic rings. The van der Waals surface area contributed by atoms with E-state index in [2.05, 4.69) is 10.2 Å². The van der Waals surface area contributed by atoms with Gasteiger partial charge in [-0.3, -0.25) is 9.36 Å². The molecule has 0 unspecified atom stereocenters. The summed E-state index contributed by atoms with van der Waals surface area (Å²) in [5, 5.41) is 28.2. The van der Waals surface area contributed by atoms with E-state index in [1.54, 1.807) is 35.9 Å². The van der Waals surface area contributed by atoms with Crippen molar-refractivity contribution in [1.29, 1.82) is 10.5 Å². The molecular formula is C25H22N6O3. The van der Waals surface area contributed by atoms with Crippen molar-refractivity contribution in [3.05, 3.63) is 71.6 Å². The lowest BCUT2D eigenvalue weighted by molar-refractivity contribution is -0.115. The molecule has 1 aliphatic rings. The van der Waals surface area contributed by atoms with Gasteiger partial charge in [-0.1, -0.05) is 30.3 Å². The van der Waals surface area contributed by atoms with Crippen LogP contribution in [0.5, 0.6) is 5.75 Å². The van der Waals surface area contributed by atoms with Crippen LogP contribution in [-0.4, -0.2) is 54.0 Å². The molecule has 170 valence electrons. The van der Waals surface area contributed by atoms with E-state index < -0.39 is 11.7 Å². The average molecular weight is 454 g/mol. The zero-order valence-electron chi connectivity index (χ0n) is 18.6. The second kappa shape index (κ2) is 10.4. The number of hydrogen-bond acceptors (Lipinski definition) is 8. The molecule has 0 spiro atoms. The van der Waals surface area contributed by atoms with Crippen LogP contribution in [0.2, 0.25) is 0 Å². The molecule has 0 amide bonds. The van der Waals surface area contributed by atoms with Gasteiger partial charge in [0, 0.05) is 13.1 Å². The molecule has 1 saturated heterocycles. The molecule has 4 rings (SSSR count). The van der Waals surface area contributed by atoms with Gasteiger partial charge in [-0.15, -0.1) is 10.2 Å². The molecule has 9 heteroatoms. The van der Waals surface area contributed by atoms with E-state index in [1.165, 1.54) is 6.08 Å². The van der Waals surface area contributed by atoms with Crippen molar-refractivity contribution >= 4 is 17.8 Å². The first-order chi connectivity index (χ1) is 16.7. The highest BCUT2D eigenvalue weighted by Crippen LogP contribution is 2.28. The number of nitrogens with zero attached hydrogens (tertiary/aromatic N) is 6. The van der Waals surface area contributed by atoms with Crippen LogP contribution in [-0.2, 0) is 9.53 Å². The minimum absolute atomic E-state index is 0.146. The number of methoxy groups -OCH3 is 1. The van der Waals surface area contributed by atoms with Gasteiger partial charge in [0.05, 0.1) is 37.7 Å². The number of carbonyl (C=O) groups excluding carboxylic acids is 1. The van der Waals surface area contributed by atoms with E-state index in [0.29, 0.717) is 43.6 Å². The van der Waals surface area contributed by atoms with E-state index in [1.807, 2.05) is 47.4 Å². The number of carbonyl (C=O) groups is 1. The lowest BCUT2D eigenvalue weighted by Crippen LogP contribution is -2.38. The van der Waals surface area contributed by atoms with Gasteiger partial charge >= 0.3 is 0 Å². The summed E-state index contributed by atoms with van der Waals surface area (Å²) in [6.07, 6.45) is 1.46. The zero-order chi connectivity index (χ0) is 23.9. The topological polar surface area (TPSA) is 117 Å². The summed E-state index contributed by atoms with van der Waals surface area (Å²) in [5.41, 5.74) is 1.21. The van der Waals surface area contributed by atoms with Crippen LogP contribution in [0.1, 0.15) is 17.3 Å². The highest BCUT2D eigenvalue weighted by molar-refractivity contribution is 6.08. The fraction of sp³-hybridized carbons (Fsp3) is 0.240. The van der Waals surface area contributed by atoms with Gasteiger partial charge in [-0.2, -0.15) is 10.5 Å². The van der Waals surface area contributed by atoms with Crippen molar-refractivity contribution in [2.45, 2.75) is 5.92 Å². The normalized spacial score (nSPS) is 14.7. The number of Topliss-reactive ketones (excluding diaryl/α,β-unsaturated/α-hetero) is 1. The van der Waals surface area contributed by atoms with Gasteiger partial charge in [-0.25, -0.2) is 0 Å². The van der Waals surface area contributed by atoms with Gasteiger partial charge in [0.1, 0.15) is 11.8 Å². The second-order valence-electron chi connectivity index (χ2n) is 7.50. The number of anilines is 1. The molecule has 0 saturated carbocycles. The third-order valence-electron chi connectivity index (χ3n) is 5.44. The number of morpholine rings is 1. The van der Waals surface area contributed by atoms with Crippen molar-refractivity contribution in [2.24, 2.45) is 0 Å². The quantitative estimate of drug-likeness (QED) is 0.395. The molecular weight excluding hydrogens is 432 g/mol. The first-order valence-electron chi connectivity index (χ1n) is 10.7. The Hall–Kier alpha value is -4.47. The molecule has 1 aromatic heterocycles. The molecule has 34 heavy (non-hydrogen) atoms. The Morgan fingerprint density at radius 3 is 2.41 bits per heavy atom. The van der Waals surface area contributed by atoms with Crippen LogP contribution < -0.4 is 9.64 Å². The first kappa shape index (κ1) is 22.7. The van der Waals surface area contributed by atoms with Crippen LogP contribution in [0.25, 0.3) is 11.8 Å². The molecule has 1 fully saturated rings. The van der Waals surface area contributed by atoms with Crippen LogP contribution in [0, 0.1) is 22.7 Å². The number of nitriles is 2. The Morgan fingerprint density at radius 1 is 1.09 bits per heavy atom. The predicted molar refractivity (Wildman–Crippen MR) is 124 cm³/mol. The molecule has 1 aliphatic heterocycles. The molecule has 0 aliphatic carbocycles. The van der Waals surface area contributed by atoms with E-state index in [0.717, 1.165) is 5.69 Å². The van der Waals surface area contributed by atoms with Gasteiger partial charge in [0.15, 0.2) is 17.5 Å². The number of aromatic nitrogens is 3. The Bertz CT molecular complexity index is 1260. The maximum atomic E-state index is 13.3. The standard InChI is InChI=1S/C25H22N6O3/c1-33-21-9-7-18(8-10-21)15-19(16-26)23(32)22(17-27)24-28-29-25(30-11-13-34-14-12-30)31(24)20-5-3-2-4-6-20/h2-10,15,22H,11-14H2,1H3/b19-15+/t22-/m0/s1. The molecule has 0 radical (unpaired) electrons. The summed E-state index contributed by atoms with van der Waals surface area (Å²) in [7, 11) is 1.56. The molecule has 0 bridgehead atoms. The van der Waals surface area contributed by atoms with Crippen LogP contribution >= 0.6 is 0 Å². The van der Waals surface area contributed by atoms with Gasteiger partial charge < -0.3 is 14.4 Å². The summed E-state index contributed by atoms with van der Waals surface area (Å²) >= 11 is 0. The van der Waals surface area contributed by atoms with Crippen molar-refractivity contribution in [3.8, 4) is 23.6 Å². The molecule has 2 aromatic carbocycles. The molecule has 2 heterocycles. The average Bonchev–Trinajstić information content (AvgIpc) is 3.33. The first-order valence-corrected chi connectivity index (χ1v) is 10.7. The predicted octanol–water partition coefficient (Wildman–Crippen LogP) is 2.90. The lowest BCUT2D eigenvalue weighted by Gasteiger charge is -2.28. The van der Waals surface area contributed by atoms with Crippen molar-refractivity contribution in [2.75, 3.05) is 38.3 Å². The number of hydrogen-bond donors (Lipinski definition) is 0. The monoisotopic (exact) mass is 454 g/mol. The number of rotatable bonds is 7. The van der Waals surface area contributed by atoms with Gasteiger partial charge in [-0.05, 0) is 35.9 Å². The summed E-state index contributed by atoms with van der Waals surface area (Å²) in [6, 6.07) is 20.2. The van der Waals surface area contributed by atoms with E-state index in [9.17, 15) is 15.3 Å². The maximum Gasteiger partial charge on any atom is 0.232 e. The third kappa shape index (κ3) is 4.65. The highest BCUT2D eigenvalue weighted by Gasteiger charge is 2.32. The summed E-state index contributed by atoms with van der Waals surface area (Å²) in [4.78, 5) is 15.4. The van der Waals surface area contributed by atoms with E-state index in [-0.39, 0.29) is 11.4 Å². The Kier molecular flexibility index (Phi) is 6.97. The second-order valence-corrected chi connectivity index (χ2v) is 7.50. The zero-order valence-corrected chi connectivity index (χ0v) is 18.6. The third-order valence-corrected chi connectivity index (χ3v) is 5.44. The largest absolute Gasteiger partial charge is 0.497 e. The smallest absolute Gasteiger partial charge is 0.232 e. The minimum atomic E-state index is -1.31. The maximum absolute atomic E-state index is 13.3. The summed E-state index contributed by atoms with van der Waals surface area (Å²) in [5.74, 6) is -0.611. The Morgan fingerprint density at radius 2 is 1.79 bits per heavy atom. The molecule has 1 atom stereocenters. The van der Waals surface area contributed by atoms with Crippen molar-refractivity contribution in [3.63, 3.8) is 0 Å². The van der Waals surface area contributed by atoms with Crippen molar-refractivity contribution in [1.82, 2.24) is 14.8 Å². The highest BCUT2D eigenvalue weighted by atomic mass is 16.5. The Balaban J connectivity index is 1.74. The number of ether oxygens (including phenoxy) is 2. The number of allylic oxidation sites excluding steroid dienone is 1. The van der Waals surface area contributed by atoms with Gasteiger partial charge in [0.2, 0.25) is 5.95 Å². The molecule has 9 nitrogen and oxygen atoms in total. The molecule has 0 N–H and O–H groups in total. The number of ketones is 1. The SMILES string of the molecule is COc1ccc(/C=C(\C#N)C(=O)[C@H](C#N)c2nnc(N3CCOCC3)n2-c2ccccc2)cc1. The number of benzene rings is 2. The Labute approximate surface area is 197 Å². The summed E-state index contributed by atoms with van der Waals surface area (Å²) in [6.45, 7) is 2.30. The minimum Gasteiger partial charge on any atom is -0.497 e. The van der Waals surface area contributed by atoms with E-state index in [4.69, 9.17) is 9.47 Å².